The van der Waals surface area contributed by atoms with E-state index in [0.29, 0.717) is 23.9 Å². The molecule has 0 radical (unpaired) electrons. The number of benzene rings is 1. The minimum absolute atomic E-state index is 0.0209. The molecule has 0 bridgehead atoms. The van der Waals surface area contributed by atoms with Crippen molar-refractivity contribution in [1.29, 1.82) is 0 Å². The minimum Gasteiger partial charge on any atom is -0.378 e. The first-order valence-corrected chi connectivity index (χ1v) is 7.84. The minimum atomic E-state index is -0.449. The fourth-order valence-corrected chi connectivity index (χ4v) is 2.86. The maximum absolute atomic E-state index is 11.9. The lowest BCUT2D eigenvalue weighted by Gasteiger charge is -2.22. The van der Waals surface area contributed by atoms with Gasteiger partial charge < -0.3 is 15.4 Å². The molecule has 1 fully saturated rings. The third kappa shape index (κ3) is 4.92. The molecule has 0 unspecified atom stereocenters. The van der Waals surface area contributed by atoms with Crippen molar-refractivity contribution in [3.63, 3.8) is 0 Å². The molecular formula is C16H23N3O4. The fraction of sp³-hybridized carbons (Fsp3) is 0.562. The van der Waals surface area contributed by atoms with E-state index < -0.39 is 4.92 Å². The Labute approximate surface area is 135 Å². The number of urea groups is 1. The predicted molar refractivity (Wildman–Crippen MR) is 86.0 cm³/mol. The Morgan fingerprint density at radius 2 is 2.22 bits per heavy atom. The van der Waals surface area contributed by atoms with Crippen molar-refractivity contribution in [3.8, 4) is 0 Å². The monoisotopic (exact) mass is 321 g/mol. The van der Waals surface area contributed by atoms with Crippen molar-refractivity contribution in [3.05, 3.63) is 39.9 Å². The summed E-state index contributed by atoms with van der Waals surface area (Å²) in [5, 5.41) is 16.3. The second-order valence-electron chi connectivity index (χ2n) is 6.12. The topological polar surface area (TPSA) is 93.5 Å². The molecule has 0 spiro atoms. The van der Waals surface area contributed by atoms with Gasteiger partial charge in [-0.15, -0.1) is 0 Å². The van der Waals surface area contributed by atoms with Crippen LogP contribution >= 0.6 is 0 Å². The number of hydrogen-bond acceptors (Lipinski definition) is 4. The smallest absolute Gasteiger partial charge is 0.315 e. The van der Waals surface area contributed by atoms with Crippen LogP contribution in [0.15, 0.2) is 24.3 Å². The van der Waals surface area contributed by atoms with Crippen LogP contribution in [0.1, 0.15) is 25.8 Å². The fourth-order valence-electron chi connectivity index (χ4n) is 2.86. The number of carbonyl (C=O) groups is 1. The summed E-state index contributed by atoms with van der Waals surface area (Å²) in [7, 11) is 0. The van der Waals surface area contributed by atoms with Crippen molar-refractivity contribution in [2.24, 2.45) is 11.8 Å². The van der Waals surface area contributed by atoms with E-state index in [0.717, 1.165) is 13.0 Å². The van der Waals surface area contributed by atoms with Crippen LogP contribution in [0.4, 0.5) is 10.5 Å². The predicted octanol–water partition coefficient (Wildman–Crippen LogP) is 2.46. The molecule has 0 aromatic heterocycles. The lowest BCUT2D eigenvalue weighted by atomic mass is 9.93. The molecule has 0 aliphatic carbocycles. The van der Waals surface area contributed by atoms with Gasteiger partial charge in [-0.25, -0.2) is 4.79 Å². The number of nitro groups is 1. The van der Waals surface area contributed by atoms with Gasteiger partial charge in [-0.3, -0.25) is 10.1 Å². The maximum Gasteiger partial charge on any atom is 0.315 e. The summed E-state index contributed by atoms with van der Waals surface area (Å²) in [5.74, 6) is 0.760. The molecule has 1 aromatic rings. The number of rotatable bonds is 6. The molecule has 1 aromatic carbocycles. The maximum atomic E-state index is 11.9. The van der Waals surface area contributed by atoms with Gasteiger partial charge in [0.25, 0.3) is 5.69 Å². The Balaban J connectivity index is 1.77. The van der Waals surface area contributed by atoms with Gasteiger partial charge >= 0.3 is 6.03 Å². The zero-order valence-electron chi connectivity index (χ0n) is 13.5. The second kappa shape index (κ2) is 7.92. The molecule has 2 atom stereocenters. The van der Waals surface area contributed by atoms with Crippen LogP contribution in [0.25, 0.3) is 0 Å². The molecule has 7 heteroatoms. The molecule has 1 saturated heterocycles. The molecule has 2 rings (SSSR count). The molecular weight excluding hydrogens is 298 g/mol. The number of nitro benzene ring substituents is 1. The van der Waals surface area contributed by atoms with Gasteiger partial charge in [-0.1, -0.05) is 26.0 Å². The quantitative estimate of drug-likeness (QED) is 0.621. The molecule has 0 saturated carbocycles. The van der Waals surface area contributed by atoms with Crippen LogP contribution in [0.3, 0.4) is 0 Å². The zero-order valence-corrected chi connectivity index (χ0v) is 13.5. The Bertz CT molecular complexity index is 562. The Morgan fingerprint density at radius 3 is 2.91 bits per heavy atom. The molecule has 126 valence electrons. The van der Waals surface area contributed by atoms with Crippen LogP contribution in [-0.2, 0) is 11.3 Å². The van der Waals surface area contributed by atoms with Crippen LogP contribution < -0.4 is 10.6 Å². The average Bonchev–Trinajstić information content (AvgIpc) is 3.00. The van der Waals surface area contributed by atoms with Crippen molar-refractivity contribution in [2.75, 3.05) is 13.2 Å². The van der Waals surface area contributed by atoms with Crippen molar-refractivity contribution >= 4 is 11.7 Å². The second-order valence-corrected chi connectivity index (χ2v) is 6.12. The summed E-state index contributed by atoms with van der Waals surface area (Å²) in [6.07, 6.45) is 1.14. The van der Waals surface area contributed by atoms with E-state index in [2.05, 4.69) is 24.5 Å². The highest BCUT2D eigenvalue weighted by Crippen LogP contribution is 2.26. The molecule has 2 N–H and O–H groups in total. The highest BCUT2D eigenvalue weighted by Gasteiger charge is 2.30. The van der Waals surface area contributed by atoms with E-state index in [1.165, 1.54) is 12.1 Å². The van der Waals surface area contributed by atoms with Crippen LogP contribution in [-0.4, -0.2) is 30.2 Å². The van der Waals surface area contributed by atoms with Gasteiger partial charge in [0.1, 0.15) is 0 Å². The zero-order chi connectivity index (χ0) is 16.8. The summed E-state index contributed by atoms with van der Waals surface area (Å²) >= 11 is 0. The molecule has 23 heavy (non-hydrogen) atoms. The van der Waals surface area contributed by atoms with Gasteiger partial charge in [0.15, 0.2) is 0 Å². The van der Waals surface area contributed by atoms with Crippen molar-refractivity contribution < 1.29 is 14.5 Å². The third-order valence-corrected chi connectivity index (χ3v) is 4.02. The summed E-state index contributed by atoms with van der Waals surface area (Å²) in [6, 6.07) is 5.96. The lowest BCUT2D eigenvalue weighted by Crippen LogP contribution is -2.40. The lowest BCUT2D eigenvalue weighted by molar-refractivity contribution is -0.384. The summed E-state index contributed by atoms with van der Waals surface area (Å²) in [4.78, 5) is 22.1. The van der Waals surface area contributed by atoms with Gasteiger partial charge in [0, 0.05) is 37.7 Å². The number of ether oxygens (including phenoxy) is 1. The molecule has 1 aliphatic rings. The highest BCUT2D eigenvalue weighted by molar-refractivity contribution is 5.73. The number of carbonyl (C=O) groups excluding carboxylic acids is 1. The van der Waals surface area contributed by atoms with E-state index in [1.54, 1.807) is 12.1 Å². The van der Waals surface area contributed by atoms with Gasteiger partial charge in [0.2, 0.25) is 0 Å². The SMILES string of the molecule is CC(C)[C@@H]1OCC[C@H]1CNC(=O)NCc1cccc([N+](=O)[O-])c1. The van der Waals surface area contributed by atoms with Crippen LogP contribution in [0.2, 0.25) is 0 Å². The van der Waals surface area contributed by atoms with E-state index >= 15 is 0 Å². The number of amides is 2. The van der Waals surface area contributed by atoms with Crippen LogP contribution in [0.5, 0.6) is 0 Å². The van der Waals surface area contributed by atoms with Gasteiger partial charge in [-0.05, 0) is 17.9 Å². The van der Waals surface area contributed by atoms with Crippen molar-refractivity contribution in [1.82, 2.24) is 10.6 Å². The molecule has 7 nitrogen and oxygen atoms in total. The van der Waals surface area contributed by atoms with E-state index in [9.17, 15) is 14.9 Å². The summed E-state index contributed by atoms with van der Waals surface area (Å²) in [5.41, 5.74) is 0.714. The van der Waals surface area contributed by atoms with Crippen molar-refractivity contribution in [2.45, 2.75) is 32.9 Å². The number of nitrogens with one attached hydrogen (secondary N) is 2. The number of hydrogen-bond donors (Lipinski definition) is 2. The standard InChI is InChI=1S/C16H23N3O4/c1-11(2)15-13(6-7-23-15)10-18-16(20)17-9-12-4-3-5-14(8-12)19(21)22/h3-5,8,11,13,15H,6-7,9-10H2,1-2H3,(H2,17,18,20)/t13-,15-/m0/s1. The average molecular weight is 321 g/mol. The Kier molecular flexibility index (Phi) is 5.92. The van der Waals surface area contributed by atoms with Crippen LogP contribution in [0, 0.1) is 22.0 Å². The molecule has 1 heterocycles. The summed E-state index contributed by atoms with van der Waals surface area (Å²) in [6.45, 7) is 5.80. The third-order valence-electron chi connectivity index (χ3n) is 4.02. The number of non-ortho nitro benzene ring substituents is 1. The highest BCUT2D eigenvalue weighted by atomic mass is 16.6. The van der Waals surface area contributed by atoms with E-state index in [4.69, 9.17) is 4.74 Å². The largest absolute Gasteiger partial charge is 0.378 e. The Hall–Kier alpha value is -2.15. The first-order chi connectivity index (χ1) is 11.0. The van der Waals surface area contributed by atoms with E-state index in [-0.39, 0.29) is 24.4 Å². The summed E-state index contributed by atoms with van der Waals surface area (Å²) < 4.78 is 5.69. The first kappa shape index (κ1) is 17.2. The molecule has 1 aliphatic heterocycles. The van der Waals surface area contributed by atoms with E-state index in [1.807, 2.05) is 0 Å². The van der Waals surface area contributed by atoms with Gasteiger partial charge in [-0.2, -0.15) is 0 Å². The molecule has 2 amide bonds. The van der Waals surface area contributed by atoms with Gasteiger partial charge in [0.05, 0.1) is 11.0 Å². The first-order valence-electron chi connectivity index (χ1n) is 7.84. The normalized spacial score (nSPS) is 20.5. The Morgan fingerprint density at radius 1 is 1.43 bits per heavy atom. The number of nitrogens with zero attached hydrogens (tertiary/aromatic N) is 1.